The van der Waals surface area contributed by atoms with Gasteiger partial charge in [0.2, 0.25) is 10.0 Å². The summed E-state index contributed by atoms with van der Waals surface area (Å²) in [5.74, 6) is -1.27. The van der Waals surface area contributed by atoms with Crippen molar-refractivity contribution >= 4 is 16.0 Å². The quantitative estimate of drug-likeness (QED) is 0.860. The van der Waals surface area contributed by atoms with Crippen molar-refractivity contribution in [3.05, 3.63) is 0 Å². The molecule has 0 amide bonds. The molecule has 1 atom stereocenters. The van der Waals surface area contributed by atoms with E-state index in [2.05, 4.69) is 0 Å². The Hall–Kier alpha value is -0.620. The second-order valence-electron chi connectivity index (χ2n) is 5.99. The molecule has 0 aromatic rings. The minimum atomic E-state index is -3.68. The van der Waals surface area contributed by atoms with E-state index < -0.39 is 21.2 Å². The fraction of sp³-hybridized carbons (Fsp3) is 0.923. The lowest BCUT2D eigenvalue weighted by atomic mass is 9.68. The van der Waals surface area contributed by atoms with Crippen molar-refractivity contribution in [2.75, 3.05) is 13.1 Å². The van der Waals surface area contributed by atoms with Crippen molar-refractivity contribution in [1.29, 1.82) is 0 Å². The first-order valence-electron chi connectivity index (χ1n) is 7.09. The Bertz CT molecular complexity index is 430. The number of sulfonamides is 1. The van der Waals surface area contributed by atoms with Gasteiger partial charge >= 0.3 is 5.97 Å². The number of carbonyl (C=O) groups is 1. The summed E-state index contributed by atoms with van der Waals surface area (Å²) in [7, 11) is -3.68. The second kappa shape index (κ2) is 5.40. The van der Waals surface area contributed by atoms with Gasteiger partial charge < -0.3 is 5.11 Å². The van der Waals surface area contributed by atoms with E-state index in [1.807, 2.05) is 0 Å². The minimum absolute atomic E-state index is 0.330. The van der Waals surface area contributed by atoms with Crippen molar-refractivity contribution in [3.63, 3.8) is 0 Å². The van der Waals surface area contributed by atoms with Crippen LogP contribution in [0.1, 0.15) is 51.9 Å². The lowest BCUT2D eigenvalue weighted by molar-refractivity contribution is -0.136. The van der Waals surface area contributed by atoms with E-state index in [1.165, 1.54) is 43.3 Å². The first kappa shape index (κ1) is 14.8. The van der Waals surface area contributed by atoms with Crippen molar-refractivity contribution in [2.24, 2.45) is 5.41 Å². The third-order valence-corrected chi connectivity index (χ3v) is 7.03. The maximum absolute atomic E-state index is 12.1. The number of rotatable bonds is 3. The van der Waals surface area contributed by atoms with E-state index in [4.69, 9.17) is 5.11 Å². The molecule has 2 aliphatic rings. The minimum Gasteiger partial charge on any atom is -0.480 e. The molecule has 0 radical (unpaired) electrons. The topological polar surface area (TPSA) is 74.7 Å². The first-order valence-corrected chi connectivity index (χ1v) is 8.60. The Labute approximate surface area is 115 Å². The summed E-state index contributed by atoms with van der Waals surface area (Å²) in [6, 6.07) is 0. The highest BCUT2D eigenvalue weighted by Gasteiger charge is 2.41. The largest absolute Gasteiger partial charge is 0.480 e. The van der Waals surface area contributed by atoms with Crippen LogP contribution in [0.25, 0.3) is 0 Å². The van der Waals surface area contributed by atoms with Gasteiger partial charge in [0.1, 0.15) is 0 Å². The molecule has 1 unspecified atom stereocenters. The van der Waals surface area contributed by atoms with Gasteiger partial charge in [-0.3, -0.25) is 4.79 Å². The highest BCUT2D eigenvalue weighted by molar-refractivity contribution is 7.90. The Morgan fingerprint density at radius 2 is 1.63 bits per heavy atom. The molecular formula is C13H23NO4S. The van der Waals surface area contributed by atoms with Gasteiger partial charge in [0.05, 0.1) is 0 Å². The van der Waals surface area contributed by atoms with E-state index in [9.17, 15) is 13.2 Å². The van der Waals surface area contributed by atoms with Crippen LogP contribution >= 0.6 is 0 Å². The first-order chi connectivity index (χ1) is 8.87. The molecule has 1 saturated carbocycles. The third-order valence-electron chi connectivity index (χ3n) is 4.85. The van der Waals surface area contributed by atoms with Crippen LogP contribution in [-0.4, -0.2) is 42.1 Å². The van der Waals surface area contributed by atoms with Crippen molar-refractivity contribution in [2.45, 2.75) is 57.1 Å². The van der Waals surface area contributed by atoms with Crippen LogP contribution in [-0.2, 0) is 14.8 Å². The Kier molecular flexibility index (Phi) is 4.20. The molecule has 1 heterocycles. The number of carboxylic acids is 1. The van der Waals surface area contributed by atoms with Gasteiger partial charge in [0, 0.05) is 13.1 Å². The van der Waals surface area contributed by atoms with E-state index in [0.29, 0.717) is 18.5 Å². The summed E-state index contributed by atoms with van der Waals surface area (Å²) in [6.07, 6.45) is 7.97. The average molecular weight is 289 g/mol. The molecule has 1 aliphatic carbocycles. The predicted molar refractivity (Wildman–Crippen MR) is 72.3 cm³/mol. The lowest BCUT2D eigenvalue weighted by Crippen LogP contribution is -2.48. The van der Waals surface area contributed by atoms with Crippen LogP contribution in [0.15, 0.2) is 0 Å². The van der Waals surface area contributed by atoms with Gasteiger partial charge in [-0.2, -0.15) is 0 Å². The molecule has 1 aliphatic heterocycles. The number of nitrogens with zero attached hydrogens (tertiary/aromatic N) is 1. The van der Waals surface area contributed by atoms with Crippen LogP contribution in [0, 0.1) is 5.41 Å². The average Bonchev–Trinajstić information content (AvgIpc) is 2.39. The number of hydrogen-bond donors (Lipinski definition) is 1. The van der Waals surface area contributed by atoms with Gasteiger partial charge in [-0.05, 0) is 38.0 Å². The standard InChI is InChI=1S/C13H23NO4S/c1-11(12(15)16)19(17,18)14-9-7-13(8-10-14)5-3-2-4-6-13/h11H,2-10H2,1H3,(H,15,16). The predicted octanol–water partition coefficient (Wildman–Crippen LogP) is 1.84. The molecule has 2 rings (SSSR count). The summed E-state index contributed by atoms with van der Waals surface area (Å²) in [4.78, 5) is 10.9. The summed E-state index contributed by atoms with van der Waals surface area (Å²) in [5.41, 5.74) is 0.330. The zero-order valence-corrected chi connectivity index (χ0v) is 12.3. The Balaban J connectivity index is 2.01. The van der Waals surface area contributed by atoms with Crippen LogP contribution in [0.5, 0.6) is 0 Å². The van der Waals surface area contributed by atoms with Crippen LogP contribution in [0.2, 0.25) is 0 Å². The highest BCUT2D eigenvalue weighted by atomic mass is 32.2. The maximum atomic E-state index is 12.1. The number of carboxylic acid groups (broad SMARTS) is 1. The molecule has 2 fully saturated rings. The molecular weight excluding hydrogens is 266 g/mol. The molecule has 1 N–H and O–H groups in total. The normalized spacial score (nSPS) is 26.2. The van der Waals surface area contributed by atoms with Gasteiger partial charge in [-0.15, -0.1) is 0 Å². The smallest absolute Gasteiger partial charge is 0.323 e. The molecule has 19 heavy (non-hydrogen) atoms. The Morgan fingerprint density at radius 3 is 2.11 bits per heavy atom. The lowest BCUT2D eigenvalue weighted by Gasteiger charge is -2.44. The van der Waals surface area contributed by atoms with Gasteiger partial charge in [-0.1, -0.05) is 19.3 Å². The summed E-state index contributed by atoms with van der Waals surface area (Å²) in [6.45, 7) is 2.22. The number of hydrogen-bond acceptors (Lipinski definition) is 3. The van der Waals surface area contributed by atoms with E-state index in [0.717, 1.165) is 12.8 Å². The SMILES string of the molecule is CC(C(=O)O)S(=O)(=O)N1CCC2(CCCCC2)CC1. The monoisotopic (exact) mass is 289 g/mol. The maximum Gasteiger partial charge on any atom is 0.323 e. The fourth-order valence-corrected chi connectivity index (χ4v) is 4.76. The van der Waals surface area contributed by atoms with Crippen LogP contribution in [0.3, 0.4) is 0 Å². The molecule has 0 bridgehead atoms. The third kappa shape index (κ3) is 2.94. The fourth-order valence-electron chi connectivity index (χ4n) is 3.37. The van der Waals surface area contributed by atoms with Gasteiger partial charge in [0.15, 0.2) is 5.25 Å². The molecule has 1 spiro atoms. The van der Waals surface area contributed by atoms with Crippen molar-refractivity contribution in [1.82, 2.24) is 4.31 Å². The van der Waals surface area contributed by atoms with Crippen molar-refractivity contribution < 1.29 is 18.3 Å². The summed E-state index contributed by atoms with van der Waals surface area (Å²) in [5, 5.41) is 7.54. The number of piperidine rings is 1. The zero-order valence-electron chi connectivity index (χ0n) is 11.5. The molecule has 110 valence electrons. The van der Waals surface area contributed by atoms with Crippen molar-refractivity contribution in [3.8, 4) is 0 Å². The van der Waals surface area contributed by atoms with Crippen LogP contribution in [0.4, 0.5) is 0 Å². The van der Waals surface area contributed by atoms with Gasteiger partial charge in [0.25, 0.3) is 0 Å². The van der Waals surface area contributed by atoms with E-state index in [1.54, 1.807) is 0 Å². The van der Waals surface area contributed by atoms with Crippen LogP contribution < -0.4 is 0 Å². The summed E-state index contributed by atoms with van der Waals surface area (Å²) < 4.78 is 25.7. The number of aliphatic carboxylic acids is 1. The Morgan fingerprint density at radius 1 is 1.11 bits per heavy atom. The molecule has 0 aromatic carbocycles. The second-order valence-corrected chi connectivity index (χ2v) is 8.24. The van der Waals surface area contributed by atoms with E-state index in [-0.39, 0.29) is 0 Å². The zero-order chi connectivity index (χ0) is 14.1. The summed E-state index contributed by atoms with van der Waals surface area (Å²) >= 11 is 0. The van der Waals surface area contributed by atoms with E-state index >= 15 is 0 Å². The molecule has 0 aromatic heterocycles. The molecule has 6 heteroatoms. The molecule has 1 saturated heterocycles. The highest BCUT2D eigenvalue weighted by Crippen LogP contribution is 2.45. The molecule has 5 nitrogen and oxygen atoms in total. The van der Waals surface area contributed by atoms with Gasteiger partial charge in [-0.25, -0.2) is 12.7 Å².